The zero-order valence-corrected chi connectivity index (χ0v) is 75.1. The number of hydrogen-bond acceptors (Lipinski definition) is 15. The fourth-order valence-electron chi connectivity index (χ4n) is 14.4. The topological polar surface area (TPSA) is 237 Å². The van der Waals surface area contributed by atoms with Crippen LogP contribution in [0.25, 0.3) is 0 Å². The van der Waals surface area contributed by atoms with E-state index in [0.29, 0.717) is 25.7 Å². The molecule has 0 aromatic carbocycles. The molecule has 3 N–H and O–H groups in total. The lowest BCUT2D eigenvalue weighted by Gasteiger charge is -2.21. The minimum absolute atomic E-state index is 0.108. The van der Waals surface area contributed by atoms with Crippen molar-refractivity contribution in [3.8, 4) is 0 Å². The predicted octanol–water partition coefficient (Wildman–Crippen LogP) is 28.6. The number of phosphoric ester groups is 2. The van der Waals surface area contributed by atoms with Gasteiger partial charge < -0.3 is 33.8 Å². The molecule has 0 aliphatic rings. The maximum Gasteiger partial charge on any atom is 0.472 e. The SMILES string of the molecule is CCCCCCCCCCCCCCCCCCCCCC(=O)OC[C@H](COP(=O)(O)OC[C@@H](O)COP(=O)(O)OC[C@@H](COC(=O)CCCCCCCCCCCCCC)OC(=O)CCCCCCCCCCCCCCCCC(C)CC)OC(=O)CCCCCCCCCCCCCCCCCCCCC(C)CC. The number of hydrogen-bond donors (Lipinski definition) is 3. The van der Waals surface area contributed by atoms with Crippen LogP contribution in [0.4, 0.5) is 0 Å². The molecule has 17 nitrogen and oxygen atoms in total. The van der Waals surface area contributed by atoms with Crippen molar-refractivity contribution in [1.29, 1.82) is 0 Å². The third-order valence-corrected chi connectivity index (χ3v) is 24.3. The number of phosphoric acid groups is 2. The van der Waals surface area contributed by atoms with Crippen molar-refractivity contribution < 1.29 is 80.2 Å². The second kappa shape index (κ2) is 83.1. The fourth-order valence-corrected chi connectivity index (χ4v) is 16.0. The van der Waals surface area contributed by atoms with Crippen LogP contribution in [-0.2, 0) is 65.4 Å². The number of rotatable bonds is 91. The molecule has 0 rings (SSSR count). The Balaban J connectivity index is 5.25. The monoisotopic (exact) mass is 1620 g/mol. The van der Waals surface area contributed by atoms with Crippen LogP contribution in [0, 0.1) is 11.8 Å². The first-order chi connectivity index (χ1) is 53.9. The van der Waals surface area contributed by atoms with E-state index in [-0.39, 0.29) is 25.7 Å². The van der Waals surface area contributed by atoms with Crippen molar-refractivity contribution in [2.45, 2.75) is 516 Å². The van der Waals surface area contributed by atoms with Crippen LogP contribution < -0.4 is 0 Å². The average molecular weight is 1620 g/mol. The van der Waals surface area contributed by atoms with Gasteiger partial charge in [-0.05, 0) is 37.5 Å². The van der Waals surface area contributed by atoms with Gasteiger partial charge in [-0.25, -0.2) is 9.13 Å². The molecule has 0 fully saturated rings. The maximum atomic E-state index is 13.2. The molecule has 660 valence electrons. The average Bonchev–Trinajstić information content (AvgIpc) is 0.906. The Morgan fingerprint density at radius 3 is 0.640 bits per heavy atom. The smallest absolute Gasteiger partial charge is 0.462 e. The number of aliphatic hydroxyl groups is 1. The van der Waals surface area contributed by atoms with Gasteiger partial charge in [-0.1, -0.05) is 446 Å². The number of ether oxygens (including phenoxy) is 4. The highest BCUT2D eigenvalue weighted by atomic mass is 31.2. The Labute approximate surface area is 683 Å². The van der Waals surface area contributed by atoms with E-state index in [4.69, 9.17) is 37.0 Å². The van der Waals surface area contributed by atoms with Gasteiger partial charge in [-0.2, -0.15) is 0 Å². The maximum absolute atomic E-state index is 13.2. The number of carbonyl (C=O) groups excluding carboxylic acids is 4. The molecule has 0 amide bonds. The van der Waals surface area contributed by atoms with Crippen molar-refractivity contribution in [3.63, 3.8) is 0 Å². The molecular weight excluding hydrogens is 1440 g/mol. The summed E-state index contributed by atoms with van der Waals surface area (Å²) in [5, 5.41) is 10.7. The first kappa shape index (κ1) is 109. The Morgan fingerprint density at radius 1 is 0.252 bits per heavy atom. The Bertz CT molecular complexity index is 2120. The highest BCUT2D eigenvalue weighted by Gasteiger charge is 2.31. The summed E-state index contributed by atoms with van der Waals surface area (Å²) in [7, 11) is -9.94. The standard InChI is InChI=1S/C92H180O17P2/c1-7-11-13-15-17-19-21-23-24-25-26-30-33-39-45-51-57-63-69-75-90(95)103-81-88(109-91(96)76-70-64-58-52-46-40-34-31-28-27-29-32-37-42-48-54-60-66-72-84(5)9-3)83-107-111(100,101)105-79-86(93)78-104-110(98,99)106-82-87(80-102-89(94)74-68-62-56-50-44-22-20-18-16-14-12-8-2)108-92(97)77-71-65-59-53-47-41-36-35-38-43-49-55-61-67-73-85(6)10-4/h84-88,93H,7-83H2,1-6H3,(H,98,99)(H,100,101)/t84?,85?,86-,87+,88+/m0/s1. The van der Waals surface area contributed by atoms with E-state index in [1.54, 1.807) is 0 Å². The molecule has 0 aromatic heterocycles. The Hall–Kier alpha value is -1.94. The molecule has 7 atom stereocenters. The summed E-state index contributed by atoms with van der Waals surface area (Å²) in [6, 6.07) is 0. The molecule has 0 saturated heterocycles. The van der Waals surface area contributed by atoms with Crippen molar-refractivity contribution in [2.24, 2.45) is 11.8 Å². The lowest BCUT2D eigenvalue weighted by Crippen LogP contribution is -2.30. The van der Waals surface area contributed by atoms with Crippen LogP contribution in [0.1, 0.15) is 497 Å². The van der Waals surface area contributed by atoms with E-state index in [0.717, 1.165) is 102 Å². The largest absolute Gasteiger partial charge is 0.472 e. The number of aliphatic hydroxyl groups excluding tert-OH is 1. The van der Waals surface area contributed by atoms with E-state index in [9.17, 15) is 43.2 Å². The first-order valence-electron chi connectivity index (χ1n) is 47.6. The zero-order chi connectivity index (χ0) is 81.3. The Morgan fingerprint density at radius 2 is 0.432 bits per heavy atom. The second-order valence-electron chi connectivity index (χ2n) is 33.5. The summed E-state index contributed by atoms with van der Waals surface area (Å²) in [4.78, 5) is 73.5. The van der Waals surface area contributed by atoms with Crippen molar-refractivity contribution >= 4 is 39.5 Å². The van der Waals surface area contributed by atoms with Gasteiger partial charge in [-0.3, -0.25) is 37.3 Å². The minimum Gasteiger partial charge on any atom is -0.462 e. The van der Waals surface area contributed by atoms with Gasteiger partial charge in [0, 0.05) is 25.7 Å². The van der Waals surface area contributed by atoms with Gasteiger partial charge in [0.05, 0.1) is 26.4 Å². The number of carbonyl (C=O) groups is 4. The van der Waals surface area contributed by atoms with Gasteiger partial charge in [-0.15, -0.1) is 0 Å². The highest BCUT2D eigenvalue weighted by Crippen LogP contribution is 2.45. The van der Waals surface area contributed by atoms with Crippen molar-refractivity contribution in [2.75, 3.05) is 39.6 Å². The van der Waals surface area contributed by atoms with Gasteiger partial charge in [0.15, 0.2) is 12.2 Å². The molecule has 0 aromatic rings. The molecule has 0 aliphatic heterocycles. The van der Waals surface area contributed by atoms with Crippen LogP contribution in [0.5, 0.6) is 0 Å². The molecule has 19 heteroatoms. The zero-order valence-electron chi connectivity index (χ0n) is 73.3. The fraction of sp³-hybridized carbons (Fsp3) is 0.957. The summed E-state index contributed by atoms with van der Waals surface area (Å²) >= 11 is 0. The molecule has 0 spiro atoms. The number of esters is 4. The molecule has 0 aliphatic carbocycles. The summed E-state index contributed by atoms with van der Waals surface area (Å²) in [6.45, 7) is 9.83. The van der Waals surface area contributed by atoms with E-state index < -0.39 is 97.5 Å². The van der Waals surface area contributed by atoms with Crippen LogP contribution in [0.2, 0.25) is 0 Å². The molecule has 0 saturated carbocycles. The van der Waals surface area contributed by atoms with Crippen molar-refractivity contribution in [1.82, 2.24) is 0 Å². The quantitative estimate of drug-likeness (QED) is 0.0222. The van der Waals surface area contributed by atoms with E-state index in [1.165, 1.54) is 315 Å². The molecule has 0 radical (unpaired) electrons. The lowest BCUT2D eigenvalue weighted by molar-refractivity contribution is -0.161. The van der Waals surface area contributed by atoms with Crippen LogP contribution in [0.15, 0.2) is 0 Å². The summed E-state index contributed by atoms with van der Waals surface area (Å²) < 4.78 is 69.1. The van der Waals surface area contributed by atoms with Gasteiger partial charge in [0.25, 0.3) is 0 Å². The van der Waals surface area contributed by atoms with Gasteiger partial charge in [0.2, 0.25) is 0 Å². The van der Waals surface area contributed by atoms with Crippen molar-refractivity contribution in [3.05, 3.63) is 0 Å². The van der Waals surface area contributed by atoms with E-state index in [1.807, 2.05) is 0 Å². The summed E-state index contributed by atoms with van der Waals surface area (Å²) in [5.74, 6) is -0.376. The van der Waals surface area contributed by atoms with Crippen LogP contribution >= 0.6 is 15.6 Å². The normalized spacial score (nSPS) is 14.2. The van der Waals surface area contributed by atoms with Gasteiger partial charge >= 0.3 is 39.5 Å². The molecule has 4 unspecified atom stereocenters. The minimum atomic E-state index is -4.97. The summed E-state index contributed by atoms with van der Waals surface area (Å²) in [5.41, 5.74) is 0. The third kappa shape index (κ3) is 82.9. The molecule has 0 bridgehead atoms. The van der Waals surface area contributed by atoms with E-state index in [2.05, 4.69) is 41.5 Å². The summed E-state index contributed by atoms with van der Waals surface area (Å²) in [6.07, 6.45) is 77.6. The highest BCUT2D eigenvalue weighted by molar-refractivity contribution is 7.47. The Kier molecular flexibility index (Phi) is 81.7. The molecule has 0 heterocycles. The first-order valence-corrected chi connectivity index (χ1v) is 50.6. The van der Waals surface area contributed by atoms with E-state index >= 15 is 0 Å². The van der Waals surface area contributed by atoms with Gasteiger partial charge in [0.1, 0.15) is 19.3 Å². The van der Waals surface area contributed by atoms with Crippen LogP contribution in [0.3, 0.4) is 0 Å². The molecule has 111 heavy (non-hydrogen) atoms. The van der Waals surface area contributed by atoms with Crippen LogP contribution in [-0.4, -0.2) is 96.7 Å². The predicted molar refractivity (Wildman–Crippen MR) is 460 cm³/mol. The molecular formula is C92H180O17P2. The number of unbranched alkanes of at least 4 members (excludes halogenated alkanes) is 59. The third-order valence-electron chi connectivity index (χ3n) is 22.4. The lowest BCUT2D eigenvalue weighted by atomic mass is 9.99. The second-order valence-corrected chi connectivity index (χ2v) is 36.4.